The lowest BCUT2D eigenvalue weighted by Gasteiger charge is -2.39. The van der Waals surface area contributed by atoms with E-state index in [-0.39, 0.29) is 11.5 Å². The molecule has 1 saturated heterocycles. The quantitative estimate of drug-likeness (QED) is 0.751. The van der Waals surface area contributed by atoms with Gasteiger partial charge in [0.2, 0.25) is 0 Å². The van der Waals surface area contributed by atoms with Crippen LogP contribution in [0.3, 0.4) is 0 Å². The molecule has 0 amide bonds. The molecule has 1 aliphatic rings. The molecule has 9 heteroatoms. The number of hydrogen-bond donors (Lipinski definition) is 2. The molecule has 1 aliphatic heterocycles. The maximum Gasteiger partial charge on any atom is 0.330 e. The molecule has 8 nitrogen and oxygen atoms in total. The summed E-state index contributed by atoms with van der Waals surface area (Å²) in [5.41, 5.74) is -0.634. The van der Waals surface area contributed by atoms with E-state index in [2.05, 4.69) is 38.8 Å². The third-order valence-electron chi connectivity index (χ3n) is 5.26. The highest BCUT2D eigenvalue weighted by Gasteiger charge is 2.45. The van der Waals surface area contributed by atoms with E-state index in [9.17, 15) is 19.5 Å². The van der Waals surface area contributed by atoms with Gasteiger partial charge in [0.05, 0.1) is 18.6 Å². The number of carbonyl (C=O) groups is 1. The van der Waals surface area contributed by atoms with E-state index in [1.165, 1.54) is 10.8 Å². The second-order valence-electron chi connectivity index (χ2n) is 8.36. The highest BCUT2D eigenvalue weighted by Crippen LogP contribution is 2.41. The van der Waals surface area contributed by atoms with Crippen molar-refractivity contribution in [1.82, 2.24) is 9.55 Å². The molecule has 0 radical (unpaired) electrons. The van der Waals surface area contributed by atoms with Crippen molar-refractivity contribution >= 4 is 14.3 Å². The van der Waals surface area contributed by atoms with Crippen molar-refractivity contribution in [2.45, 2.75) is 77.1 Å². The number of aromatic amines is 1. The fourth-order valence-corrected chi connectivity index (χ4v) is 4.06. The fourth-order valence-electron chi connectivity index (χ4n) is 2.71. The Kier molecular flexibility index (Phi) is 5.65. The van der Waals surface area contributed by atoms with Crippen molar-refractivity contribution in [1.29, 1.82) is 0 Å². The van der Waals surface area contributed by atoms with Crippen LogP contribution in [0.2, 0.25) is 18.1 Å². The van der Waals surface area contributed by atoms with Crippen molar-refractivity contribution in [2.24, 2.45) is 0 Å². The number of carboxylic acids is 1. The Morgan fingerprint density at radius 1 is 1.42 bits per heavy atom. The van der Waals surface area contributed by atoms with Crippen LogP contribution in [0.4, 0.5) is 0 Å². The number of aryl methyl sites for hydroxylation is 1. The topological polar surface area (TPSA) is 111 Å². The molecule has 0 aromatic carbocycles. The second kappa shape index (κ2) is 7.13. The Balaban J connectivity index is 2.31. The lowest BCUT2D eigenvalue weighted by molar-refractivity contribution is -0.141. The van der Waals surface area contributed by atoms with Crippen molar-refractivity contribution in [3.8, 4) is 0 Å². The van der Waals surface area contributed by atoms with Gasteiger partial charge < -0.3 is 14.3 Å². The summed E-state index contributed by atoms with van der Waals surface area (Å²) in [5, 5.41) is 9.16. The van der Waals surface area contributed by atoms with Gasteiger partial charge in [0.25, 0.3) is 5.56 Å². The van der Waals surface area contributed by atoms with Crippen LogP contribution >= 0.6 is 0 Å². The van der Waals surface area contributed by atoms with Crippen LogP contribution in [0.5, 0.6) is 0 Å². The fraction of sp³-hybridized carbons (Fsp3) is 0.706. The number of nitrogens with one attached hydrogen (secondary N) is 1. The van der Waals surface area contributed by atoms with Crippen LogP contribution in [-0.2, 0) is 14.0 Å². The molecular formula is C17H28N2O6Si. The van der Waals surface area contributed by atoms with Crippen LogP contribution in [0.1, 0.15) is 45.4 Å². The largest absolute Gasteiger partial charge is 0.481 e. The first-order valence-electron chi connectivity index (χ1n) is 8.69. The van der Waals surface area contributed by atoms with Gasteiger partial charge in [-0.05, 0) is 25.1 Å². The molecular weight excluding hydrogens is 356 g/mol. The molecule has 1 aromatic heterocycles. The number of hydrogen-bond acceptors (Lipinski definition) is 5. The summed E-state index contributed by atoms with van der Waals surface area (Å²) in [7, 11) is -2.14. The molecule has 146 valence electrons. The summed E-state index contributed by atoms with van der Waals surface area (Å²) < 4.78 is 13.6. The highest BCUT2D eigenvalue weighted by molar-refractivity contribution is 6.74. The number of rotatable bonds is 5. The molecule has 3 atom stereocenters. The van der Waals surface area contributed by atoms with Crippen molar-refractivity contribution in [2.75, 3.05) is 0 Å². The first-order valence-corrected chi connectivity index (χ1v) is 11.6. The van der Waals surface area contributed by atoms with E-state index in [4.69, 9.17) is 9.16 Å². The third kappa shape index (κ3) is 4.33. The van der Waals surface area contributed by atoms with Gasteiger partial charge in [-0.15, -0.1) is 0 Å². The van der Waals surface area contributed by atoms with Crippen molar-refractivity contribution < 1.29 is 19.1 Å². The van der Waals surface area contributed by atoms with Crippen LogP contribution in [0, 0.1) is 6.92 Å². The molecule has 0 unspecified atom stereocenters. The van der Waals surface area contributed by atoms with E-state index in [0.29, 0.717) is 12.0 Å². The van der Waals surface area contributed by atoms with E-state index < -0.39 is 44.0 Å². The second-order valence-corrected chi connectivity index (χ2v) is 13.1. The molecule has 1 aromatic rings. The van der Waals surface area contributed by atoms with Gasteiger partial charge in [-0.1, -0.05) is 20.8 Å². The van der Waals surface area contributed by atoms with Crippen LogP contribution in [0.15, 0.2) is 15.8 Å². The van der Waals surface area contributed by atoms with E-state index in [0.717, 1.165) is 0 Å². The first-order chi connectivity index (χ1) is 11.8. The normalized spacial score (nSPS) is 24.0. The zero-order valence-electron chi connectivity index (χ0n) is 16.2. The molecule has 2 N–H and O–H groups in total. The Hall–Kier alpha value is -1.71. The minimum atomic E-state index is -2.14. The minimum absolute atomic E-state index is 0.0374. The zero-order valence-corrected chi connectivity index (χ0v) is 17.2. The van der Waals surface area contributed by atoms with Gasteiger partial charge in [0.1, 0.15) is 6.23 Å². The molecule has 1 fully saturated rings. The van der Waals surface area contributed by atoms with Gasteiger partial charge in [0, 0.05) is 18.2 Å². The van der Waals surface area contributed by atoms with Crippen LogP contribution in [0.25, 0.3) is 0 Å². The molecule has 0 saturated carbocycles. The number of aliphatic carboxylic acids is 1. The highest BCUT2D eigenvalue weighted by atomic mass is 28.4. The number of ether oxygens (including phenoxy) is 1. The monoisotopic (exact) mass is 384 g/mol. The van der Waals surface area contributed by atoms with Gasteiger partial charge >= 0.3 is 11.7 Å². The molecule has 0 spiro atoms. The third-order valence-corrected chi connectivity index (χ3v) is 9.77. The molecule has 0 bridgehead atoms. The molecule has 26 heavy (non-hydrogen) atoms. The summed E-state index contributed by atoms with van der Waals surface area (Å²) in [5.74, 6) is -0.982. The van der Waals surface area contributed by atoms with Gasteiger partial charge in [0.15, 0.2) is 8.32 Å². The zero-order chi connectivity index (χ0) is 19.9. The Morgan fingerprint density at radius 3 is 2.58 bits per heavy atom. The van der Waals surface area contributed by atoms with Gasteiger partial charge in [-0.3, -0.25) is 19.1 Å². The predicted molar refractivity (Wildman–Crippen MR) is 98.9 cm³/mol. The van der Waals surface area contributed by atoms with Gasteiger partial charge in [-0.2, -0.15) is 0 Å². The average Bonchev–Trinajstić information content (AvgIpc) is 2.82. The summed E-state index contributed by atoms with van der Waals surface area (Å²) >= 11 is 0. The van der Waals surface area contributed by atoms with Crippen molar-refractivity contribution in [3.05, 3.63) is 32.6 Å². The maximum atomic E-state index is 12.1. The smallest absolute Gasteiger partial charge is 0.330 e. The van der Waals surface area contributed by atoms with E-state index >= 15 is 0 Å². The standard InChI is InChI=1S/C17H28N2O6Si/c1-10-9-19(16(23)18-15(10)22)13-7-12(11(24-13)8-14(20)21)25-26(5,6)17(2,3)4/h9,11-13H,7-8H2,1-6H3,(H,20,21)(H,18,22,23)/t11-,12+,13-/m1/s1. The Morgan fingerprint density at radius 2 is 2.04 bits per heavy atom. The summed E-state index contributed by atoms with van der Waals surface area (Å²) in [6, 6.07) is 0. The minimum Gasteiger partial charge on any atom is -0.481 e. The SMILES string of the molecule is Cc1cn([C@H]2C[C@H](O[Si](C)(C)C(C)(C)C)[C@@H](CC(=O)O)O2)c(=O)[nH]c1=O. The number of nitrogens with zero attached hydrogens (tertiary/aromatic N) is 1. The van der Waals surface area contributed by atoms with Crippen molar-refractivity contribution in [3.63, 3.8) is 0 Å². The number of carboxylic acid groups (broad SMARTS) is 1. The first kappa shape index (κ1) is 20.6. The summed E-state index contributed by atoms with van der Waals surface area (Å²) in [4.78, 5) is 37.2. The maximum absolute atomic E-state index is 12.1. The number of aromatic nitrogens is 2. The Bertz CT molecular complexity index is 792. The molecule has 2 heterocycles. The summed E-state index contributed by atoms with van der Waals surface area (Å²) in [6.45, 7) is 12.1. The van der Waals surface area contributed by atoms with Crippen LogP contribution in [-0.4, -0.2) is 41.2 Å². The van der Waals surface area contributed by atoms with E-state index in [1.54, 1.807) is 6.92 Å². The average molecular weight is 385 g/mol. The van der Waals surface area contributed by atoms with E-state index in [1.807, 2.05) is 0 Å². The van der Waals surface area contributed by atoms with Crippen LogP contribution < -0.4 is 11.2 Å². The lowest BCUT2D eigenvalue weighted by atomic mass is 10.1. The number of H-pyrrole nitrogens is 1. The predicted octanol–water partition coefficient (Wildman–Crippen LogP) is 2.00. The Labute approximate surface area is 153 Å². The molecule has 2 rings (SSSR count). The molecule has 0 aliphatic carbocycles. The lowest BCUT2D eigenvalue weighted by Crippen LogP contribution is -2.46. The summed E-state index contributed by atoms with van der Waals surface area (Å²) in [6.07, 6.45) is -0.139. The van der Waals surface area contributed by atoms with Gasteiger partial charge in [-0.25, -0.2) is 4.79 Å².